The fourth-order valence-corrected chi connectivity index (χ4v) is 7.20. The lowest BCUT2D eigenvalue weighted by Gasteiger charge is -2.46. The van der Waals surface area contributed by atoms with Crippen molar-refractivity contribution in [1.29, 1.82) is 0 Å². The number of hydrogen-bond donors (Lipinski definition) is 2. The van der Waals surface area contributed by atoms with Crippen LogP contribution in [0.2, 0.25) is 0 Å². The van der Waals surface area contributed by atoms with Gasteiger partial charge in [-0.1, -0.05) is 13.8 Å². The second-order valence-corrected chi connectivity index (χ2v) is 15.4. The molecule has 2 atom stereocenters. The predicted octanol–water partition coefficient (Wildman–Crippen LogP) is 5.33. The quantitative estimate of drug-likeness (QED) is 0.379. The number of esters is 1. The highest BCUT2D eigenvalue weighted by Gasteiger charge is 2.55. The summed E-state index contributed by atoms with van der Waals surface area (Å²) in [4.78, 5) is 13.3. The number of piperidine rings is 2. The second kappa shape index (κ2) is 8.71. The molecule has 0 amide bonds. The van der Waals surface area contributed by atoms with Gasteiger partial charge in [0, 0.05) is 35.0 Å². The highest BCUT2D eigenvalue weighted by molar-refractivity contribution is 5.76. The van der Waals surface area contributed by atoms with Crippen molar-refractivity contribution in [2.45, 2.75) is 162 Å². The molecule has 3 aliphatic heterocycles. The summed E-state index contributed by atoms with van der Waals surface area (Å²) < 4.78 is 18.6. The summed E-state index contributed by atoms with van der Waals surface area (Å²) in [6, 6.07) is 0. The second-order valence-electron chi connectivity index (χ2n) is 15.4. The molecule has 3 rings (SSSR count). The monoisotopic (exact) mass is 480 g/mol. The van der Waals surface area contributed by atoms with Gasteiger partial charge < -0.3 is 24.8 Å². The van der Waals surface area contributed by atoms with Gasteiger partial charge in [0.25, 0.3) is 0 Å². The minimum absolute atomic E-state index is 0.00238. The molecule has 2 N–H and O–H groups in total. The van der Waals surface area contributed by atoms with Gasteiger partial charge in [0.15, 0.2) is 6.29 Å². The van der Waals surface area contributed by atoms with E-state index in [0.29, 0.717) is 6.42 Å². The highest BCUT2D eigenvalue weighted by Crippen LogP contribution is 2.48. The molecule has 2 unspecified atom stereocenters. The molecule has 0 aliphatic carbocycles. The number of carbonyl (C=O) groups excluding carboxylic acids is 1. The maximum atomic E-state index is 13.3. The van der Waals surface area contributed by atoms with Crippen LogP contribution in [0.5, 0.6) is 0 Å². The van der Waals surface area contributed by atoms with Crippen LogP contribution in [0.1, 0.15) is 115 Å². The van der Waals surface area contributed by atoms with Crippen LogP contribution < -0.4 is 10.6 Å². The Morgan fingerprint density at radius 2 is 1.21 bits per heavy atom. The Bertz CT molecular complexity index is 736. The first-order valence-corrected chi connectivity index (χ1v) is 13.2. The van der Waals surface area contributed by atoms with E-state index in [1.807, 2.05) is 13.8 Å². The third kappa shape index (κ3) is 7.18. The minimum atomic E-state index is -0.599. The molecule has 0 saturated carbocycles. The summed E-state index contributed by atoms with van der Waals surface area (Å²) in [5.41, 5.74) is -0.831. The van der Waals surface area contributed by atoms with Gasteiger partial charge in [0.1, 0.15) is 12.2 Å². The van der Waals surface area contributed by atoms with Crippen LogP contribution in [-0.4, -0.2) is 52.7 Å². The Morgan fingerprint density at radius 3 is 1.65 bits per heavy atom. The van der Waals surface area contributed by atoms with Gasteiger partial charge in [-0.3, -0.25) is 4.79 Å². The van der Waals surface area contributed by atoms with E-state index in [1.165, 1.54) is 0 Å². The summed E-state index contributed by atoms with van der Waals surface area (Å²) in [7, 11) is 0. The molecule has 0 radical (unpaired) electrons. The van der Waals surface area contributed by atoms with E-state index in [4.69, 9.17) is 14.2 Å². The van der Waals surface area contributed by atoms with Crippen LogP contribution in [0.25, 0.3) is 0 Å². The van der Waals surface area contributed by atoms with Crippen molar-refractivity contribution < 1.29 is 19.0 Å². The Labute approximate surface area is 208 Å². The van der Waals surface area contributed by atoms with Gasteiger partial charge in [-0.25, -0.2) is 0 Å². The molecule has 0 spiro atoms. The molecule has 3 heterocycles. The summed E-state index contributed by atoms with van der Waals surface area (Å²) in [5.74, 6) is -0.112. The number of carbonyl (C=O) groups is 1. The average Bonchev–Trinajstić information content (AvgIpc) is 3.27. The molecular formula is C28H52N2O4. The van der Waals surface area contributed by atoms with E-state index in [2.05, 4.69) is 79.9 Å². The Morgan fingerprint density at radius 1 is 0.794 bits per heavy atom. The maximum Gasteiger partial charge on any atom is 0.311 e. The normalized spacial score (nSPS) is 31.2. The lowest BCUT2D eigenvalue weighted by molar-refractivity contribution is -0.165. The van der Waals surface area contributed by atoms with Crippen molar-refractivity contribution in [3.63, 3.8) is 0 Å². The molecule has 0 aromatic rings. The molecule has 3 fully saturated rings. The van der Waals surface area contributed by atoms with Crippen molar-refractivity contribution in [1.82, 2.24) is 10.6 Å². The lowest BCUT2D eigenvalue weighted by Crippen LogP contribution is -2.60. The molecule has 0 aromatic carbocycles. The number of hydrogen-bond acceptors (Lipinski definition) is 6. The molecule has 0 aromatic heterocycles. The van der Waals surface area contributed by atoms with Crippen LogP contribution in [-0.2, 0) is 19.0 Å². The summed E-state index contributed by atoms with van der Waals surface area (Å²) in [6.07, 6.45) is 4.17. The SMILES string of the molecule is CC1(C)CC(OC(=O)C(C)(C)CC(C)(C)C2OC2OC2CC(C)(C)NC(C)(C)C2)CC(C)(C)N1. The number of epoxide rings is 1. The standard InChI is InChI=1S/C28H52N2O4/c1-23(2,20-21(34-20)32-18-13-25(5,6)29-26(7,8)14-18)17-24(3,4)22(31)33-19-15-27(9,10)30-28(11,12)16-19/h18-21,29-30H,13-17H2,1-12H3. The van der Waals surface area contributed by atoms with E-state index >= 15 is 0 Å². The zero-order valence-corrected chi connectivity index (χ0v) is 24.0. The molecule has 3 saturated heterocycles. The third-order valence-corrected chi connectivity index (χ3v) is 7.58. The molecule has 6 nitrogen and oxygen atoms in total. The smallest absolute Gasteiger partial charge is 0.311 e. The number of rotatable bonds is 7. The van der Waals surface area contributed by atoms with Crippen molar-refractivity contribution in [3.8, 4) is 0 Å². The Balaban J connectivity index is 1.56. The van der Waals surface area contributed by atoms with Gasteiger partial charge in [-0.2, -0.15) is 0 Å². The lowest BCUT2D eigenvalue weighted by atomic mass is 9.73. The first-order chi connectivity index (χ1) is 15.1. The summed E-state index contributed by atoms with van der Waals surface area (Å²) >= 11 is 0. The molecule has 3 aliphatic rings. The van der Waals surface area contributed by atoms with Gasteiger partial charge in [0.05, 0.1) is 11.5 Å². The zero-order valence-electron chi connectivity index (χ0n) is 24.0. The van der Waals surface area contributed by atoms with Gasteiger partial charge in [-0.15, -0.1) is 0 Å². The molecule has 198 valence electrons. The number of ether oxygens (including phenoxy) is 3. The fraction of sp³-hybridized carbons (Fsp3) is 0.964. The van der Waals surface area contributed by atoms with E-state index in [1.54, 1.807) is 0 Å². The first-order valence-electron chi connectivity index (χ1n) is 13.2. The van der Waals surface area contributed by atoms with E-state index in [9.17, 15) is 4.79 Å². The average molecular weight is 481 g/mol. The van der Waals surface area contributed by atoms with Gasteiger partial charge in [-0.05, 0) is 93.9 Å². The fourth-order valence-electron chi connectivity index (χ4n) is 7.20. The molecular weight excluding hydrogens is 428 g/mol. The number of nitrogens with one attached hydrogen (secondary N) is 2. The van der Waals surface area contributed by atoms with Gasteiger partial charge in [0.2, 0.25) is 0 Å². The molecule has 34 heavy (non-hydrogen) atoms. The van der Waals surface area contributed by atoms with Crippen molar-refractivity contribution in [3.05, 3.63) is 0 Å². The maximum absolute atomic E-state index is 13.3. The van der Waals surface area contributed by atoms with E-state index in [-0.39, 0.29) is 58.1 Å². The summed E-state index contributed by atoms with van der Waals surface area (Å²) in [6.45, 7) is 26.0. The van der Waals surface area contributed by atoms with Crippen LogP contribution in [0.4, 0.5) is 0 Å². The predicted molar refractivity (Wildman–Crippen MR) is 137 cm³/mol. The first kappa shape index (κ1) is 27.9. The van der Waals surface area contributed by atoms with Crippen molar-refractivity contribution in [2.75, 3.05) is 0 Å². The zero-order chi connectivity index (χ0) is 26.0. The Kier molecular flexibility index (Phi) is 7.14. The van der Waals surface area contributed by atoms with E-state index in [0.717, 1.165) is 25.7 Å². The van der Waals surface area contributed by atoms with Crippen LogP contribution in [0.15, 0.2) is 0 Å². The molecule has 0 bridgehead atoms. The minimum Gasteiger partial charge on any atom is -0.462 e. The molecule has 6 heteroatoms. The van der Waals surface area contributed by atoms with Crippen LogP contribution >= 0.6 is 0 Å². The van der Waals surface area contributed by atoms with Crippen molar-refractivity contribution >= 4 is 5.97 Å². The van der Waals surface area contributed by atoms with Gasteiger partial charge >= 0.3 is 5.97 Å². The highest BCUT2D eigenvalue weighted by atomic mass is 16.8. The van der Waals surface area contributed by atoms with E-state index < -0.39 is 5.41 Å². The summed E-state index contributed by atoms with van der Waals surface area (Å²) in [5, 5.41) is 7.37. The topological polar surface area (TPSA) is 72.1 Å². The van der Waals surface area contributed by atoms with Crippen molar-refractivity contribution in [2.24, 2.45) is 10.8 Å². The largest absolute Gasteiger partial charge is 0.462 e. The third-order valence-electron chi connectivity index (χ3n) is 7.58. The van der Waals surface area contributed by atoms with Crippen LogP contribution in [0.3, 0.4) is 0 Å². The Hall–Kier alpha value is -0.690. The van der Waals surface area contributed by atoms with Crippen LogP contribution in [0, 0.1) is 10.8 Å².